The Kier molecular flexibility index (Phi) is 2.87. The minimum Gasteiger partial charge on any atom is -0.308 e. The third kappa shape index (κ3) is 2.42. The zero-order valence-electron chi connectivity index (χ0n) is 7.46. The summed E-state index contributed by atoms with van der Waals surface area (Å²) in [4.78, 5) is 7.37. The smallest absolute Gasteiger partial charge is 0.264 e. The summed E-state index contributed by atoms with van der Waals surface area (Å²) < 4.78 is 25.9. The van der Waals surface area contributed by atoms with E-state index in [2.05, 4.69) is 15.3 Å². The molecule has 0 saturated carbocycles. The Labute approximate surface area is 75.2 Å². The number of nitrogens with one attached hydrogen (secondary N) is 1. The van der Waals surface area contributed by atoms with Crippen LogP contribution in [0, 0.1) is 0 Å². The Bertz CT molecular complexity index is 258. The lowest BCUT2D eigenvalue weighted by Gasteiger charge is -2.22. The maximum atomic E-state index is 13.0. The molecule has 0 spiro atoms. The van der Waals surface area contributed by atoms with Crippen molar-refractivity contribution >= 4 is 0 Å². The molecule has 0 aromatic carbocycles. The molecule has 0 aliphatic rings. The van der Waals surface area contributed by atoms with Gasteiger partial charge in [-0.15, -0.1) is 0 Å². The lowest BCUT2D eigenvalue weighted by Crippen LogP contribution is -2.32. The zero-order chi connectivity index (χ0) is 9.90. The fraction of sp³-hybridized carbons (Fsp3) is 0.500. The van der Waals surface area contributed by atoms with Crippen molar-refractivity contribution in [2.45, 2.75) is 18.9 Å². The normalized spacial score (nSPS) is 14.2. The van der Waals surface area contributed by atoms with Gasteiger partial charge < -0.3 is 5.32 Å². The molecule has 1 rings (SSSR count). The van der Waals surface area contributed by atoms with E-state index in [-0.39, 0.29) is 0 Å². The van der Waals surface area contributed by atoms with Crippen molar-refractivity contribution in [3.63, 3.8) is 0 Å². The number of hydrogen-bond acceptors (Lipinski definition) is 3. The van der Waals surface area contributed by atoms with Crippen molar-refractivity contribution in [3.05, 3.63) is 24.3 Å². The summed E-state index contributed by atoms with van der Waals surface area (Å²) in [5.74, 6) is -2.82. The zero-order valence-corrected chi connectivity index (χ0v) is 7.46. The van der Waals surface area contributed by atoms with Gasteiger partial charge in [-0.3, -0.25) is 0 Å². The number of nitrogens with zero attached hydrogens (tertiary/aromatic N) is 2. The molecule has 1 aromatic rings. The number of aromatic nitrogens is 2. The summed E-state index contributed by atoms with van der Waals surface area (Å²) in [6.45, 7) is 0.862. The van der Waals surface area contributed by atoms with Gasteiger partial charge in [0.25, 0.3) is 5.92 Å². The molecule has 0 aliphatic carbocycles. The minimum absolute atomic E-state index is 0.387. The van der Waals surface area contributed by atoms with Crippen molar-refractivity contribution in [2.75, 3.05) is 7.05 Å². The topological polar surface area (TPSA) is 37.8 Å². The van der Waals surface area contributed by atoms with Crippen molar-refractivity contribution < 1.29 is 8.78 Å². The third-order valence-corrected chi connectivity index (χ3v) is 1.71. The Morgan fingerprint density at radius 3 is 2.31 bits per heavy atom. The van der Waals surface area contributed by atoms with E-state index in [0.29, 0.717) is 5.56 Å². The first-order chi connectivity index (χ1) is 6.05. The summed E-state index contributed by atoms with van der Waals surface area (Å²) in [5.41, 5.74) is 0.387. The van der Waals surface area contributed by atoms with E-state index in [4.69, 9.17) is 0 Å². The van der Waals surface area contributed by atoms with Gasteiger partial charge in [0.2, 0.25) is 0 Å². The van der Waals surface area contributed by atoms with Gasteiger partial charge in [-0.1, -0.05) is 0 Å². The van der Waals surface area contributed by atoms with Crippen LogP contribution in [0.3, 0.4) is 0 Å². The SMILES string of the molecule is CNC(c1cncnc1)C(C)(F)F. The molecule has 5 heteroatoms. The first-order valence-electron chi connectivity index (χ1n) is 3.85. The molecule has 0 radical (unpaired) electrons. The van der Waals surface area contributed by atoms with Crippen molar-refractivity contribution in [1.82, 2.24) is 15.3 Å². The molecular formula is C8H11F2N3. The summed E-state index contributed by atoms with van der Waals surface area (Å²) >= 11 is 0. The average molecular weight is 187 g/mol. The summed E-state index contributed by atoms with van der Waals surface area (Å²) in [5, 5.41) is 2.53. The van der Waals surface area contributed by atoms with Crippen LogP contribution in [0.25, 0.3) is 0 Å². The van der Waals surface area contributed by atoms with Gasteiger partial charge >= 0.3 is 0 Å². The van der Waals surface area contributed by atoms with Crippen LogP contribution in [0.15, 0.2) is 18.7 Å². The highest BCUT2D eigenvalue weighted by atomic mass is 19.3. The van der Waals surface area contributed by atoms with Gasteiger partial charge in [-0.05, 0) is 7.05 Å². The Balaban J connectivity index is 2.92. The second-order valence-corrected chi connectivity index (χ2v) is 2.85. The molecule has 1 aromatic heterocycles. The average Bonchev–Trinajstić information content (AvgIpc) is 2.05. The molecule has 13 heavy (non-hydrogen) atoms. The number of alkyl halides is 2. The molecule has 1 heterocycles. The molecule has 0 amide bonds. The Morgan fingerprint density at radius 1 is 1.38 bits per heavy atom. The van der Waals surface area contributed by atoms with E-state index >= 15 is 0 Å². The first-order valence-corrected chi connectivity index (χ1v) is 3.85. The largest absolute Gasteiger partial charge is 0.308 e. The van der Waals surface area contributed by atoms with Crippen LogP contribution in [-0.2, 0) is 0 Å². The molecule has 1 N–H and O–H groups in total. The van der Waals surface area contributed by atoms with Gasteiger partial charge in [0.05, 0.1) is 6.04 Å². The van der Waals surface area contributed by atoms with E-state index in [0.717, 1.165) is 6.92 Å². The van der Waals surface area contributed by atoms with Crippen molar-refractivity contribution in [1.29, 1.82) is 0 Å². The molecule has 72 valence electrons. The van der Waals surface area contributed by atoms with E-state index in [1.165, 1.54) is 25.8 Å². The fourth-order valence-electron chi connectivity index (χ4n) is 1.17. The maximum Gasteiger partial charge on any atom is 0.264 e. The molecule has 3 nitrogen and oxygen atoms in total. The van der Waals surface area contributed by atoms with Gasteiger partial charge in [0, 0.05) is 24.9 Å². The highest BCUT2D eigenvalue weighted by Crippen LogP contribution is 2.29. The molecule has 1 unspecified atom stereocenters. The molecule has 0 fully saturated rings. The second kappa shape index (κ2) is 3.74. The molecule has 0 aliphatic heterocycles. The van der Waals surface area contributed by atoms with Crippen LogP contribution < -0.4 is 5.32 Å². The monoisotopic (exact) mass is 187 g/mol. The standard InChI is InChI=1S/C8H11F2N3/c1-8(9,10)7(11-2)6-3-12-5-13-4-6/h3-5,7,11H,1-2H3. The first kappa shape index (κ1) is 9.98. The number of hydrogen-bond donors (Lipinski definition) is 1. The molecule has 1 atom stereocenters. The van der Waals surface area contributed by atoms with E-state index in [1.54, 1.807) is 0 Å². The van der Waals surface area contributed by atoms with Crippen LogP contribution in [0.4, 0.5) is 8.78 Å². The van der Waals surface area contributed by atoms with Crippen LogP contribution in [0.2, 0.25) is 0 Å². The Morgan fingerprint density at radius 2 is 1.92 bits per heavy atom. The van der Waals surface area contributed by atoms with Crippen LogP contribution in [0.1, 0.15) is 18.5 Å². The molecule has 0 saturated heterocycles. The lowest BCUT2D eigenvalue weighted by molar-refractivity contribution is -0.0171. The van der Waals surface area contributed by atoms with E-state index in [9.17, 15) is 8.78 Å². The third-order valence-electron chi connectivity index (χ3n) is 1.71. The highest BCUT2D eigenvalue weighted by molar-refractivity contribution is 5.12. The second-order valence-electron chi connectivity index (χ2n) is 2.85. The summed E-state index contributed by atoms with van der Waals surface area (Å²) in [7, 11) is 1.48. The lowest BCUT2D eigenvalue weighted by atomic mass is 10.1. The van der Waals surface area contributed by atoms with Gasteiger partial charge in [-0.2, -0.15) is 0 Å². The summed E-state index contributed by atoms with van der Waals surface area (Å²) in [6, 6.07) is -1.03. The number of halogens is 2. The highest BCUT2D eigenvalue weighted by Gasteiger charge is 2.34. The fourth-order valence-corrected chi connectivity index (χ4v) is 1.17. The predicted octanol–water partition coefficient (Wildman–Crippen LogP) is 1.39. The summed E-state index contributed by atoms with van der Waals surface area (Å²) in [6.07, 6.45) is 4.07. The quantitative estimate of drug-likeness (QED) is 0.777. The van der Waals surface area contributed by atoms with Crippen molar-refractivity contribution in [2.24, 2.45) is 0 Å². The molecule has 0 bridgehead atoms. The minimum atomic E-state index is -2.82. The van der Waals surface area contributed by atoms with E-state index < -0.39 is 12.0 Å². The van der Waals surface area contributed by atoms with E-state index in [1.807, 2.05) is 0 Å². The van der Waals surface area contributed by atoms with Crippen molar-refractivity contribution in [3.8, 4) is 0 Å². The van der Waals surface area contributed by atoms with Crippen LogP contribution >= 0.6 is 0 Å². The van der Waals surface area contributed by atoms with Gasteiger partial charge in [0.15, 0.2) is 0 Å². The van der Waals surface area contributed by atoms with Gasteiger partial charge in [0.1, 0.15) is 6.33 Å². The van der Waals surface area contributed by atoms with Gasteiger partial charge in [-0.25, -0.2) is 18.7 Å². The maximum absolute atomic E-state index is 13.0. The Hall–Kier alpha value is -1.10. The molecular weight excluding hydrogens is 176 g/mol. The number of rotatable bonds is 3. The van der Waals surface area contributed by atoms with Crippen LogP contribution in [-0.4, -0.2) is 22.9 Å². The van der Waals surface area contributed by atoms with Crippen LogP contribution in [0.5, 0.6) is 0 Å². The predicted molar refractivity (Wildman–Crippen MR) is 44.5 cm³/mol.